The van der Waals surface area contributed by atoms with Crippen molar-refractivity contribution in [1.29, 1.82) is 5.26 Å². The summed E-state index contributed by atoms with van der Waals surface area (Å²) in [6, 6.07) is 15.1. The highest BCUT2D eigenvalue weighted by molar-refractivity contribution is 7.15. The van der Waals surface area contributed by atoms with Gasteiger partial charge in [-0.25, -0.2) is 0 Å². The van der Waals surface area contributed by atoms with Crippen LogP contribution in [0.3, 0.4) is 0 Å². The SMILES string of the molecule is Cc1nnc(NC(=O)/C(C#N)=C\c2ccc(OCCOc3c(C)cccc3C)cc2)s1. The molecule has 0 fully saturated rings. The molecule has 3 aromatic rings. The van der Waals surface area contributed by atoms with Gasteiger partial charge < -0.3 is 9.47 Å². The first-order chi connectivity index (χ1) is 15.0. The minimum absolute atomic E-state index is 0.0245. The molecular weight excluding hydrogens is 412 g/mol. The fraction of sp³-hybridized carbons (Fsp3) is 0.217. The number of para-hydroxylation sites is 1. The maximum Gasteiger partial charge on any atom is 0.268 e. The minimum atomic E-state index is -0.525. The standard InChI is InChI=1S/C23H22N4O3S/c1-15-5-4-6-16(2)21(15)30-12-11-29-20-9-7-18(8-10-20)13-19(14-24)22(28)25-23-27-26-17(3)31-23/h4-10,13H,11-12H2,1-3H3,(H,25,27,28)/b19-13-. The Hall–Kier alpha value is -3.70. The van der Waals surface area contributed by atoms with Crippen molar-refractivity contribution in [2.24, 2.45) is 0 Å². The molecule has 1 amide bonds. The molecule has 0 bridgehead atoms. The van der Waals surface area contributed by atoms with Crippen LogP contribution in [0.25, 0.3) is 6.08 Å². The number of nitrogens with one attached hydrogen (secondary N) is 1. The molecule has 0 saturated carbocycles. The number of carbonyl (C=O) groups is 1. The summed E-state index contributed by atoms with van der Waals surface area (Å²) in [4.78, 5) is 12.3. The molecule has 2 aromatic carbocycles. The average Bonchev–Trinajstić information content (AvgIpc) is 3.16. The van der Waals surface area contributed by atoms with Crippen LogP contribution >= 0.6 is 11.3 Å². The van der Waals surface area contributed by atoms with E-state index in [9.17, 15) is 10.1 Å². The molecule has 7 nitrogen and oxygen atoms in total. The molecule has 0 unspecified atom stereocenters. The highest BCUT2D eigenvalue weighted by atomic mass is 32.1. The van der Waals surface area contributed by atoms with Crippen LogP contribution in [-0.4, -0.2) is 29.3 Å². The van der Waals surface area contributed by atoms with E-state index in [4.69, 9.17) is 9.47 Å². The quantitative estimate of drug-likeness (QED) is 0.319. The zero-order valence-corrected chi connectivity index (χ0v) is 18.3. The number of anilines is 1. The summed E-state index contributed by atoms with van der Waals surface area (Å²) >= 11 is 1.24. The number of ether oxygens (including phenoxy) is 2. The Morgan fingerprint density at radius 2 is 1.74 bits per heavy atom. The van der Waals surface area contributed by atoms with Gasteiger partial charge in [-0.3, -0.25) is 10.1 Å². The zero-order valence-electron chi connectivity index (χ0n) is 17.5. The number of nitrogens with zero attached hydrogens (tertiary/aromatic N) is 3. The molecular formula is C23H22N4O3S. The fourth-order valence-corrected chi connectivity index (χ4v) is 3.40. The summed E-state index contributed by atoms with van der Waals surface area (Å²) in [6.45, 7) is 6.64. The van der Waals surface area contributed by atoms with Gasteiger partial charge in [-0.05, 0) is 55.7 Å². The summed E-state index contributed by atoms with van der Waals surface area (Å²) in [5.41, 5.74) is 2.87. The summed E-state index contributed by atoms with van der Waals surface area (Å²) in [7, 11) is 0. The largest absolute Gasteiger partial charge is 0.490 e. The zero-order chi connectivity index (χ0) is 22.2. The molecule has 0 aliphatic rings. The highest BCUT2D eigenvalue weighted by Crippen LogP contribution is 2.22. The van der Waals surface area contributed by atoms with Crippen molar-refractivity contribution in [3.63, 3.8) is 0 Å². The molecule has 0 atom stereocenters. The monoisotopic (exact) mass is 434 g/mol. The molecule has 1 N–H and O–H groups in total. The van der Waals surface area contributed by atoms with Crippen molar-refractivity contribution in [3.8, 4) is 17.6 Å². The lowest BCUT2D eigenvalue weighted by molar-refractivity contribution is -0.112. The van der Waals surface area contributed by atoms with Gasteiger partial charge in [0.2, 0.25) is 5.13 Å². The van der Waals surface area contributed by atoms with Crippen LogP contribution in [0.15, 0.2) is 48.0 Å². The first-order valence-corrected chi connectivity index (χ1v) is 10.4. The van der Waals surface area contributed by atoms with E-state index in [-0.39, 0.29) is 5.57 Å². The molecule has 31 heavy (non-hydrogen) atoms. The maximum atomic E-state index is 12.3. The van der Waals surface area contributed by atoms with Gasteiger partial charge in [-0.1, -0.05) is 41.7 Å². The van der Waals surface area contributed by atoms with Gasteiger partial charge >= 0.3 is 0 Å². The van der Waals surface area contributed by atoms with E-state index < -0.39 is 5.91 Å². The minimum Gasteiger partial charge on any atom is -0.490 e. The summed E-state index contributed by atoms with van der Waals surface area (Å²) in [6.07, 6.45) is 1.51. The summed E-state index contributed by atoms with van der Waals surface area (Å²) in [5, 5.41) is 20.6. The molecule has 3 rings (SSSR count). The Bertz CT molecular complexity index is 1110. The van der Waals surface area contributed by atoms with E-state index in [1.54, 1.807) is 31.2 Å². The molecule has 1 aromatic heterocycles. The van der Waals surface area contributed by atoms with Crippen LogP contribution in [0.4, 0.5) is 5.13 Å². The molecule has 0 saturated heterocycles. The van der Waals surface area contributed by atoms with E-state index in [1.165, 1.54) is 17.4 Å². The van der Waals surface area contributed by atoms with Crippen LogP contribution < -0.4 is 14.8 Å². The number of aryl methyl sites for hydroxylation is 3. The highest BCUT2D eigenvalue weighted by Gasteiger charge is 2.12. The van der Waals surface area contributed by atoms with Crippen molar-refractivity contribution in [3.05, 3.63) is 69.7 Å². The van der Waals surface area contributed by atoms with Crippen molar-refractivity contribution in [2.45, 2.75) is 20.8 Å². The topological polar surface area (TPSA) is 97.1 Å². The Morgan fingerprint density at radius 3 is 2.35 bits per heavy atom. The molecule has 0 radical (unpaired) electrons. The second-order valence-corrected chi connectivity index (χ2v) is 7.92. The van der Waals surface area contributed by atoms with E-state index >= 15 is 0 Å². The van der Waals surface area contributed by atoms with Crippen molar-refractivity contribution < 1.29 is 14.3 Å². The first kappa shape index (κ1) is 22.0. The third kappa shape index (κ3) is 6.14. The summed E-state index contributed by atoms with van der Waals surface area (Å²) < 4.78 is 11.6. The van der Waals surface area contributed by atoms with Crippen LogP contribution in [0.5, 0.6) is 11.5 Å². The smallest absolute Gasteiger partial charge is 0.268 e. The normalized spacial score (nSPS) is 11.0. The van der Waals surface area contributed by atoms with Crippen molar-refractivity contribution >= 4 is 28.5 Å². The molecule has 1 heterocycles. The van der Waals surface area contributed by atoms with Gasteiger partial charge in [0, 0.05) is 0 Å². The van der Waals surface area contributed by atoms with Crippen LogP contribution in [0.1, 0.15) is 21.7 Å². The Kier molecular flexibility index (Phi) is 7.35. The van der Waals surface area contributed by atoms with E-state index in [2.05, 4.69) is 15.5 Å². The van der Waals surface area contributed by atoms with Gasteiger partial charge in [0.05, 0.1) is 0 Å². The number of carbonyl (C=O) groups excluding carboxylic acids is 1. The average molecular weight is 435 g/mol. The fourth-order valence-electron chi connectivity index (χ4n) is 2.82. The van der Waals surface area contributed by atoms with E-state index in [1.807, 2.05) is 38.1 Å². The molecule has 0 spiro atoms. The molecule has 158 valence electrons. The maximum absolute atomic E-state index is 12.3. The van der Waals surface area contributed by atoms with Crippen LogP contribution in [0.2, 0.25) is 0 Å². The van der Waals surface area contributed by atoms with Crippen molar-refractivity contribution in [1.82, 2.24) is 10.2 Å². The van der Waals surface area contributed by atoms with E-state index in [0.29, 0.717) is 29.7 Å². The third-order valence-electron chi connectivity index (χ3n) is 4.31. The number of rotatable bonds is 8. The van der Waals surface area contributed by atoms with E-state index in [0.717, 1.165) is 21.9 Å². The van der Waals surface area contributed by atoms with Gasteiger partial charge in [0.1, 0.15) is 41.4 Å². The number of hydrogen-bond donors (Lipinski definition) is 1. The lowest BCUT2D eigenvalue weighted by Gasteiger charge is -2.12. The lowest BCUT2D eigenvalue weighted by Crippen LogP contribution is -2.13. The van der Waals surface area contributed by atoms with Gasteiger partial charge in [0.25, 0.3) is 5.91 Å². The number of amides is 1. The molecule has 8 heteroatoms. The Balaban J connectivity index is 1.54. The van der Waals surface area contributed by atoms with Crippen LogP contribution in [-0.2, 0) is 4.79 Å². The number of nitriles is 1. The predicted molar refractivity (Wildman–Crippen MR) is 120 cm³/mol. The van der Waals surface area contributed by atoms with Crippen molar-refractivity contribution in [2.75, 3.05) is 18.5 Å². The second kappa shape index (κ2) is 10.4. The first-order valence-electron chi connectivity index (χ1n) is 9.61. The lowest BCUT2D eigenvalue weighted by atomic mass is 10.1. The Labute approximate surface area is 185 Å². The number of aromatic nitrogens is 2. The van der Waals surface area contributed by atoms with Crippen LogP contribution in [0, 0.1) is 32.1 Å². The van der Waals surface area contributed by atoms with Gasteiger partial charge in [0.15, 0.2) is 0 Å². The molecule has 0 aliphatic heterocycles. The second-order valence-electron chi connectivity index (χ2n) is 6.74. The molecule has 0 aliphatic carbocycles. The predicted octanol–water partition coefficient (Wildman–Crippen LogP) is 4.47. The number of benzene rings is 2. The Morgan fingerprint density at radius 1 is 1.06 bits per heavy atom. The number of hydrogen-bond acceptors (Lipinski definition) is 7. The van der Waals surface area contributed by atoms with Gasteiger partial charge in [-0.2, -0.15) is 5.26 Å². The third-order valence-corrected chi connectivity index (χ3v) is 5.06. The van der Waals surface area contributed by atoms with Gasteiger partial charge in [-0.15, -0.1) is 10.2 Å². The summed E-state index contributed by atoms with van der Waals surface area (Å²) in [5.74, 6) is 1.04.